The van der Waals surface area contributed by atoms with Crippen molar-refractivity contribution in [3.63, 3.8) is 0 Å². The van der Waals surface area contributed by atoms with Crippen LogP contribution in [0.25, 0.3) is 16.7 Å². The van der Waals surface area contributed by atoms with Crippen LogP contribution in [0, 0.1) is 0 Å². The molecule has 1 fully saturated rings. The van der Waals surface area contributed by atoms with Gasteiger partial charge in [-0.25, -0.2) is 4.79 Å². The number of carbonyl (C=O) groups is 1. The molecule has 1 saturated carbocycles. The number of amides is 1. The first-order chi connectivity index (χ1) is 15.4. The molecule has 0 saturated heterocycles. The smallest absolute Gasteiger partial charge is 0.319 e. The molecule has 0 atom stereocenters. The quantitative estimate of drug-likeness (QED) is 0.461. The van der Waals surface area contributed by atoms with Gasteiger partial charge in [-0.1, -0.05) is 36.0 Å². The second-order valence-corrected chi connectivity index (χ2v) is 8.44. The number of aromatic nitrogens is 4. The number of nitrogens with one attached hydrogen (secondary N) is 2. The average Bonchev–Trinajstić information content (AvgIpc) is 3.49. The zero-order chi connectivity index (χ0) is 22.4. The molecule has 1 amide bonds. The fraction of sp³-hybridized carbons (Fsp3) is 0.238. The number of halogens is 2. The van der Waals surface area contributed by atoms with Crippen LogP contribution in [0.5, 0.6) is 0 Å². The number of nitrogens with zero attached hydrogens (tertiary/aromatic N) is 3. The SMILES string of the molecule is O=C(Nc1cc(Cl)c(-n2ccc3c2ccc(=O)n3C2CCCC2)c(Cl)c1)c1noc(=O)[nH]1. The molecule has 11 heteroatoms. The van der Waals surface area contributed by atoms with Gasteiger partial charge in [0.05, 0.1) is 26.8 Å². The van der Waals surface area contributed by atoms with E-state index in [2.05, 4.69) is 20.0 Å². The van der Waals surface area contributed by atoms with Crippen molar-refractivity contribution in [2.24, 2.45) is 0 Å². The van der Waals surface area contributed by atoms with Crippen LogP contribution in [0.3, 0.4) is 0 Å². The van der Waals surface area contributed by atoms with Crippen LogP contribution in [-0.4, -0.2) is 25.2 Å². The van der Waals surface area contributed by atoms with Crippen molar-refractivity contribution in [2.75, 3.05) is 5.32 Å². The van der Waals surface area contributed by atoms with E-state index in [0.717, 1.165) is 36.7 Å². The van der Waals surface area contributed by atoms with Crippen molar-refractivity contribution in [3.8, 4) is 5.69 Å². The molecule has 1 aromatic carbocycles. The molecule has 5 rings (SSSR count). The topological polar surface area (TPSA) is 115 Å². The molecule has 0 unspecified atom stereocenters. The summed E-state index contributed by atoms with van der Waals surface area (Å²) in [5.41, 5.74) is 2.44. The van der Waals surface area contributed by atoms with Gasteiger partial charge in [-0.2, -0.15) is 0 Å². The van der Waals surface area contributed by atoms with E-state index in [-0.39, 0.29) is 27.5 Å². The van der Waals surface area contributed by atoms with Gasteiger partial charge in [0, 0.05) is 24.0 Å². The normalized spacial score (nSPS) is 14.3. The van der Waals surface area contributed by atoms with Crippen LogP contribution in [-0.2, 0) is 0 Å². The van der Waals surface area contributed by atoms with E-state index in [1.54, 1.807) is 12.1 Å². The summed E-state index contributed by atoms with van der Waals surface area (Å²) in [6, 6.07) is 8.47. The summed E-state index contributed by atoms with van der Waals surface area (Å²) < 4.78 is 8.01. The molecule has 2 N–H and O–H groups in total. The van der Waals surface area contributed by atoms with Crippen molar-refractivity contribution in [1.29, 1.82) is 0 Å². The summed E-state index contributed by atoms with van der Waals surface area (Å²) in [6.07, 6.45) is 6.01. The Morgan fingerprint density at radius 1 is 1.09 bits per heavy atom. The number of fused-ring (bicyclic) bond motifs is 1. The largest absolute Gasteiger partial charge is 0.439 e. The standard InChI is InChI=1S/C21H17Cl2N5O4/c22-13-9-11(24-20(30)19-25-21(31)32-26-19)10-14(23)18(13)27-8-7-16-15(27)5-6-17(29)28(16)12-3-1-2-4-12/h5-10,12H,1-4H2,(H,24,30)(H,25,26,31). The lowest BCUT2D eigenvalue weighted by Crippen LogP contribution is -2.22. The zero-order valence-corrected chi connectivity index (χ0v) is 18.1. The van der Waals surface area contributed by atoms with E-state index in [4.69, 9.17) is 23.2 Å². The van der Waals surface area contributed by atoms with Gasteiger partial charge >= 0.3 is 5.76 Å². The van der Waals surface area contributed by atoms with Gasteiger partial charge in [0.2, 0.25) is 5.82 Å². The number of pyridine rings is 1. The first kappa shape index (κ1) is 20.6. The van der Waals surface area contributed by atoms with Gasteiger partial charge in [-0.3, -0.25) is 19.1 Å². The van der Waals surface area contributed by atoms with Crippen molar-refractivity contribution in [2.45, 2.75) is 31.7 Å². The molecule has 0 aliphatic heterocycles. The lowest BCUT2D eigenvalue weighted by atomic mass is 10.2. The number of carbonyl (C=O) groups excluding carboxylic acids is 1. The van der Waals surface area contributed by atoms with Gasteiger partial charge in [-0.05, 0) is 42.3 Å². The average molecular weight is 474 g/mol. The maximum atomic E-state index is 12.6. The molecule has 9 nitrogen and oxygen atoms in total. The molecular weight excluding hydrogens is 457 g/mol. The molecule has 0 radical (unpaired) electrons. The minimum Gasteiger partial charge on any atom is -0.319 e. The van der Waals surface area contributed by atoms with E-state index >= 15 is 0 Å². The maximum absolute atomic E-state index is 12.6. The Hall–Kier alpha value is -3.30. The third-order valence-electron chi connectivity index (χ3n) is 5.65. The Bertz CT molecular complexity index is 1440. The van der Waals surface area contributed by atoms with Crippen molar-refractivity contribution >= 4 is 45.8 Å². The molecule has 3 heterocycles. The van der Waals surface area contributed by atoms with Gasteiger partial charge in [0.25, 0.3) is 11.5 Å². The lowest BCUT2D eigenvalue weighted by Gasteiger charge is -2.16. The predicted octanol–water partition coefficient (Wildman–Crippen LogP) is 4.14. The van der Waals surface area contributed by atoms with Crippen LogP contribution in [0.15, 0.2) is 50.6 Å². The van der Waals surface area contributed by atoms with E-state index in [9.17, 15) is 14.4 Å². The molecule has 0 bridgehead atoms. The molecular formula is C21H17Cl2N5O4. The third kappa shape index (κ3) is 3.53. The fourth-order valence-corrected chi connectivity index (χ4v) is 4.94. The summed E-state index contributed by atoms with van der Waals surface area (Å²) in [5, 5.41) is 6.48. The Morgan fingerprint density at radius 2 is 1.81 bits per heavy atom. The van der Waals surface area contributed by atoms with Crippen LogP contribution in [0.1, 0.15) is 42.3 Å². The molecule has 1 aliphatic rings. The number of aromatic amines is 1. The minimum absolute atomic E-state index is 0.0247. The third-order valence-corrected chi connectivity index (χ3v) is 6.22. The molecule has 1 aliphatic carbocycles. The first-order valence-corrected chi connectivity index (χ1v) is 10.8. The van der Waals surface area contributed by atoms with Crippen LogP contribution in [0.2, 0.25) is 10.0 Å². The van der Waals surface area contributed by atoms with E-state index in [1.165, 1.54) is 12.1 Å². The van der Waals surface area contributed by atoms with Gasteiger partial charge in [-0.15, -0.1) is 0 Å². The van der Waals surface area contributed by atoms with Crippen LogP contribution in [0.4, 0.5) is 5.69 Å². The minimum atomic E-state index is -0.836. The highest BCUT2D eigenvalue weighted by Crippen LogP contribution is 2.36. The van der Waals surface area contributed by atoms with E-state index in [1.807, 2.05) is 21.4 Å². The molecule has 3 aromatic heterocycles. The summed E-state index contributed by atoms with van der Waals surface area (Å²) in [4.78, 5) is 38.0. The number of H-pyrrole nitrogens is 1. The van der Waals surface area contributed by atoms with Crippen molar-refractivity contribution in [3.05, 3.63) is 73.3 Å². The monoisotopic (exact) mass is 473 g/mol. The zero-order valence-electron chi connectivity index (χ0n) is 16.6. The summed E-state index contributed by atoms with van der Waals surface area (Å²) in [6.45, 7) is 0. The number of benzene rings is 1. The molecule has 4 aromatic rings. The van der Waals surface area contributed by atoms with Gasteiger partial charge in [0.1, 0.15) is 0 Å². The molecule has 32 heavy (non-hydrogen) atoms. The highest BCUT2D eigenvalue weighted by molar-refractivity contribution is 6.38. The molecule has 164 valence electrons. The highest BCUT2D eigenvalue weighted by Gasteiger charge is 2.22. The molecule has 0 spiro atoms. The predicted molar refractivity (Wildman–Crippen MR) is 120 cm³/mol. The summed E-state index contributed by atoms with van der Waals surface area (Å²) in [5.74, 6) is -1.78. The van der Waals surface area contributed by atoms with Crippen molar-refractivity contribution < 1.29 is 9.32 Å². The number of rotatable bonds is 4. The fourth-order valence-electron chi connectivity index (χ4n) is 4.27. The lowest BCUT2D eigenvalue weighted by molar-refractivity contribution is 0.101. The summed E-state index contributed by atoms with van der Waals surface area (Å²) >= 11 is 13.1. The number of hydrogen-bond acceptors (Lipinski definition) is 5. The van der Waals surface area contributed by atoms with Gasteiger partial charge in [0.15, 0.2) is 0 Å². The van der Waals surface area contributed by atoms with E-state index < -0.39 is 11.7 Å². The number of hydrogen-bond donors (Lipinski definition) is 2. The van der Waals surface area contributed by atoms with Gasteiger partial charge < -0.3 is 14.5 Å². The Morgan fingerprint density at radius 3 is 2.47 bits per heavy atom. The second-order valence-electron chi connectivity index (χ2n) is 7.62. The van der Waals surface area contributed by atoms with E-state index in [0.29, 0.717) is 11.4 Å². The first-order valence-electron chi connectivity index (χ1n) is 10.0. The second kappa shape index (κ2) is 7.99. The van der Waals surface area contributed by atoms with Crippen molar-refractivity contribution in [1.82, 2.24) is 19.3 Å². The van der Waals surface area contributed by atoms with Crippen LogP contribution >= 0.6 is 23.2 Å². The Labute approximate surface area is 190 Å². The Balaban J connectivity index is 1.54. The Kier molecular flexibility index (Phi) is 5.15. The number of anilines is 1. The summed E-state index contributed by atoms with van der Waals surface area (Å²) in [7, 11) is 0. The maximum Gasteiger partial charge on any atom is 0.439 e. The highest BCUT2D eigenvalue weighted by atomic mass is 35.5. The van der Waals surface area contributed by atoms with Crippen LogP contribution < -0.4 is 16.6 Å².